The van der Waals surface area contributed by atoms with Crippen molar-refractivity contribution < 1.29 is 0 Å². The van der Waals surface area contributed by atoms with E-state index in [1.54, 1.807) is 6.08 Å². The molecule has 56 valence electrons. The third-order valence-electron chi connectivity index (χ3n) is 1.30. The van der Waals surface area contributed by atoms with Crippen LogP contribution in [0.25, 0.3) is 0 Å². The van der Waals surface area contributed by atoms with E-state index in [9.17, 15) is 0 Å². The van der Waals surface area contributed by atoms with Crippen molar-refractivity contribution in [2.45, 2.75) is 13.8 Å². The van der Waals surface area contributed by atoms with Crippen LogP contribution in [0.4, 0.5) is 0 Å². The molecule has 0 aromatic heterocycles. The van der Waals surface area contributed by atoms with Gasteiger partial charge in [0.25, 0.3) is 0 Å². The van der Waals surface area contributed by atoms with Crippen LogP contribution < -0.4 is 0 Å². The molecule has 0 unspecified atom stereocenters. The fourth-order valence-electron chi connectivity index (χ4n) is 0.727. The molecule has 0 nitrogen and oxygen atoms in total. The van der Waals surface area contributed by atoms with Crippen LogP contribution in [0.15, 0.2) is 35.4 Å². The first-order valence-corrected chi connectivity index (χ1v) is 4.07. The Labute approximate surface area is 71.5 Å². The lowest BCUT2D eigenvalue weighted by Gasteiger charge is -2.06. The predicted octanol–water partition coefficient (Wildman–Crippen LogP) is 3.66. The Bertz CT molecular complexity index is 164. The molecular formula is C9H13Br. The van der Waals surface area contributed by atoms with E-state index in [1.165, 1.54) is 5.57 Å². The fourth-order valence-corrected chi connectivity index (χ4v) is 1.35. The number of rotatable bonds is 3. The highest BCUT2D eigenvalue weighted by Crippen LogP contribution is 2.20. The van der Waals surface area contributed by atoms with Crippen molar-refractivity contribution in [1.29, 1.82) is 0 Å². The Balaban J connectivity index is 4.61. The second-order valence-electron chi connectivity index (χ2n) is 2.37. The van der Waals surface area contributed by atoms with E-state index in [2.05, 4.69) is 42.9 Å². The van der Waals surface area contributed by atoms with E-state index in [4.69, 9.17) is 0 Å². The summed E-state index contributed by atoms with van der Waals surface area (Å²) in [4.78, 5) is 0. The number of halogens is 1. The van der Waals surface area contributed by atoms with Crippen molar-refractivity contribution in [2.24, 2.45) is 5.92 Å². The molecule has 0 heterocycles. The van der Waals surface area contributed by atoms with Gasteiger partial charge in [-0.05, 0) is 11.5 Å². The number of allylic oxidation sites excluding steroid dienone is 4. The topological polar surface area (TPSA) is 0 Å². The van der Waals surface area contributed by atoms with Crippen LogP contribution in [0, 0.1) is 5.92 Å². The van der Waals surface area contributed by atoms with E-state index in [-0.39, 0.29) is 0 Å². The first-order valence-electron chi connectivity index (χ1n) is 3.28. The molecule has 0 spiro atoms. The summed E-state index contributed by atoms with van der Waals surface area (Å²) in [6, 6.07) is 0. The highest BCUT2D eigenvalue weighted by molar-refractivity contribution is 9.11. The van der Waals surface area contributed by atoms with Crippen molar-refractivity contribution in [3.63, 3.8) is 0 Å². The molecule has 0 amide bonds. The Morgan fingerprint density at radius 1 is 1.30 bits per heavy atom. The third kappa shape index (κ3) is 2.53. The molecule has 0 rings (SSSR count). The Kier molecular flexibility index (Phi) is 4.37. The maximum atomic E-state index is 3.72. The number of hydrogen-bond acceptors (Lipinski definition) is 0. The van der Waals surface area contributed by atoms with Gasteiger partial charge in [0.15, 0.2) is 0 Å². The monoisotopic (exact) mass is 200 g/mol. The molecule has 0 aliphatic heterocycles. The third-order valence-corrected chi connectivity index (χ3v) is 2.08. The molecule has 0 saturated carbocycles. The molecule has 1 heteroatoms. The molecule has 10 heavy (non-hydrogen) atoms. The molecule has 0 N–H and O–H groups in total. The Morgan fingerprint density at radius 3 is 1.90 bits per heavy atom. The first kappa shape index (κ1) is 9.70. The van der Waals surface area contributed by atoms with Crippen LogP contribution in [0.2, 0.25) is 0 Å². The molecule has 0 radical (unpaired) electrons. The average molecular weight is 201 g/mol. The SMILES string of the molecule is C=C/C(Br)=C(\C=C)C(C)C. The van der Waals surface area contributed by atoms with Gasteiger partial charge in [0, 0.05) is 4.48 Å². The van der Waals surface area contributed by atoms with Crippen molar-refractivity contribution in [2.75, 3.05) is 0 Å². The highest BCUT2D eigenvalue weighted by atomic mass is 79.9. The van der Waals surface area contributed by atoms with Gasteiger partial charge in [-0.2, -0.15) is 0 Å². The molecule has 0 aromatic rings. The zero-order chi connectivity index (χ0) is 8.15. The molecule has 0 aromatic carbocycles. The van der Waals surface area contributed by atoms with Crippen molar-refractivity contribution in [3.8, 4) is 0 Å². The summed E-state index contributed by atoms with van der Waals surface area (Å²) >= 11 is 3.39. The minimum atomic E-state index is 0.505. The first-order chi connectivity index (χ1) is 4.63. The Morgan fingerprint density at radius 2 is 1.80 bits per heavy atom. The lowest BCUT2D eigenvalue weighted by molar-refractivity contribution is 0.791. The van der Waals surface area contributed by atoms with Crippen LogP contribution in [0.1, 0.15) is 13.8 Å². The zero-order valence-corrected chi connectivity index (χ0v) is 8.11. The molecule has 0 fully saturated rings. The maximum Gasteiger partial charge on any atom is 0.0203 e. The van der Waals surface area contributed by atoms with E-state index < -0.39 is 0 Å². The predicted molar refractivity (Wildman–Crippen MR) is 51.2 cm³/mol. The van der Waals surface area contributed by atoms with Gasteiger partial charge in [-0.15, -0.1) is 0 Å². The summed E-state index contributed by atoms with van der Waals surface area (Å²) < 4.78 is 1.04. The minimum absolute atomic E-state index is 0.505. The van der Waals surface area contributed by atoms with Crippen LogP contribution in [0.3, 0.4) is 0 Å². The lowest BCUT2D eigenvalue weighted by atomic mass is 10.0. The van der Waals surface area contributed by atoms with E-state index in [1.807, 2.05) is 6.08 Å². The zero-order valence-electron chi connectivity index (χ0n) is 6.52. The minimum Gasteiger partial charge on any atom is -0.0987 e. The van der Waals surface area contributed by atoms with Crippen molar-refractivity contribution >= 4 is 15.9 Å². The van der Waals surface area contributed by atoms with Crippen LogP contribution in [0.5, 0.6) is 0 Å². The van der Waals surface area contributed by atoms with Crippen LogP contribution >= 0.6 is 15.9 Å². The molecular weight excluding hydrogens is 188 g/mol. The van der Waals surface area contributed by atoms with Gasteiger partial charge in [-0.1, -0.05) is 55.1 Å². The van der Waals surface area contributed by atoms with E-state index >= 15 is 0 Å². The molecule has 0 aliphatic rings. The van der Waals surface area contributed by atoms with Gasteiger partial charge >= 0.3 is 0 Å². The van der Waals surface area contributed by atoms with Gasteiger partial charge in [0.05, 0.1) is 0 Å². The molecule has 0 aliphatic carbocycles. The normalized spacial score (nSPS) is 12.8. The number of hydrogen-bond donors (Lipinski definition) is 0. The standard InChI is InChI=1S/C9H13Br/c1-5-8(7(3)4)9(10)6-2/h5-7H,1-2H2,3-4H3/b9-8-. The van der Waals surface area contributed by atoms with Gasteiger partial charge < -0.3 is 0 Å². The molecule has 0 saturated heterocycles. The maximum absolute atomic E-state index is 3.72. The molecule has 0 atom stereocenters. The summed E-state index contributed by atoms with van der Waals surface area (Å²) in [6.07, 6.45) is 3.65. The highest BCUT2D eigenvalue weighted by Gasteiger charge is 2.00. The van der Waals surface area contributed by atoms with Crippen molar-refractivity contribution in [3.05, 3.63) is 35.4 Å². The summed E-state index contributed by atoms with van der Waals surface area (Å²) in [6.45, 7) is 11.6. The summed E-state index contributed by atoms with van der Waals surface area (Å²) in [5.41, 5.74) is 1.20. The average Bonchev–Trinajstić information content (AvgIpc) is 1.88. The van der Waals surface area contributed by atoms with Gasteiger partial charge in [-0.25, -0.2) is 0 Å². The van der Waals surface area contributed by atoms with Crippen molar-refractivity contribution in [1.82, 2.24) is 0 Å². The smallest absolute Gasteiger partial charge is 0.0203 e. The Hall–Kier alpha value is -0.300. The van der Waals surface area contributed by atoms with Gasteiger partial charge in [-0.3, -0.25) is 0 Å². The second kappa shape index (κ2) is 4.51. The largest absolute Gasteiger partial charge is 0.0987 e. The summed E-state index contributed by atoms with van der Waals surface area (Å²) in [5, 5.41) is 0. The summed E-state index contributed by atoms with van der Waals surface area (Å²) in [7, 11) is 0. The second-order valence-corrected chi connectivity index (χ2v) is 3.22. The summed E-state index contributed by atoms with van der Waals surface area (Å²) in [5.74, 6) is 0.505. The fraction of sp³-hybridized carbons (Fsp3) is 0.333. The lowest BCUT2D eigenvalue weighted by Crippen LogP contribution is -1.90. The van der Waals surface area contributed by atoms with Gasteiger partial charge in [0.1, 0.15) is 0 Å². The quantitative estimate of drug-likeness (QED) is 0.611. The molecule has 0 bridgehead atoms. The van der Waals surface area contributed by atoms with E-state index in [0.717, 1.165) is 4.48 Å². The van der Waals surface area contributed by atoms with E-state index in [0.29, 0.717) is 5.92 Å². The van der Waals surface area contributed by atoms with Gasteiger partial charge in [0.2, 0.25) is 0 Å². The van der Waals surface area contributed by atoms with Crippen LogP contribution in [-0.4, -0.2) is 0 Å². The van der Waals surface area contributed by atoms with Crippen LogP contribution in [-0.2, 0) is 0 Å².